The number of hydrogen-bond donors (Lipinski definition) is 1. The lowest BCUT2D eigenvalue weighted by molar-refractivity contribution is 0.151. The Hall–Kier alpha value is -1.80. The van der Waals surface area contributed by atoms with Crippen molar-refractivity contribution in [3.8, 4) is 11.8 Å². The minimum atomic E-state index is -0.980. The number of hydrogen-bond acceptors (Lipinski definition) is 3. The molecule has 2 rings (SSSR count). The van der Waals surface area contributed by atoms with Gasteiger partial charge in [0.15, 0.2) is 6.61 Å². The fourth-order valence-electron chi connectivity index (χ4n) is 2.96. The van der Waals surface area contributed by atoms with Gasteiger partial charge in [-0.1, -0.05) is 37.2 Å². The van der Waals surface area contributed by atoms with Gasteiger partial charge in [0.05, 0.1) is 10.8 Å². The van der Waals surface area contributed by atoms with Gasteiger partial charge in [-0.3, -0.25) is 4.21 Å². The summed E-state index contributed by atoms with van der Waals surface area (Å²) in [5.41, 5.74) is 0.459. The number of ether oxygens (including phenoxy) is 1. The number of alkyl carbamates (subject to hydrolysis) is 1. The Morgan fingerprint density at radius 3 is 2.69 bits per heavy atom. The molecule has 1 aliphatic carbocycles. The SMILES string of the molecule is CC(C)(C)NC(=O)OCC#Cc1cccc(S(=O)CC2CCCCC2)c1. The van der Waals surface area contributed by atoms with Gasteiger partial charge in [-0.25, -0.2) is 4.79 Å². The maximum absolute atomic E-state index is 12.6. The smallest absolute Gasteiger partial charge is 0.408 e. The molecule has 0 radical (unpaired) electrons. The molecule has 4 nitrogen and oxygen atoms in total. The van der Waals surface area contributed by atoms with Crippen LogP contribution in [0.2, 0.25) is 0 Å². The van der Waals surface area contributed by atoms with Crippen LogP contribution in [0.25, 0.3) is 0 Å². The van der Waals surface area contributed by atoms with Crippen LogP contribution in [-0.2, 0) is 15.5 Å². The molecule has 1 saturated carbocycles. The highest BCUT2D eigenvalue weighted by Crippen LogP contribution is 2.25. The molecular weight excluding hydrogens is 346 g/mol. The topological polar surface area (TPSA) is 55.4 Å². The lowest BCUT2D eigenvalue weighted by Crippen LogP contribution is -2.40. The summed E-state index contributed by atoms with van der Waals surface area (Å²) >= 11 is 0. The highest BCUT2D eigenvalue weighted by Gasteiger charge is 2.17. The van der Waals surface area contributed by atoms with E-state index in [-0.39, 0.29) is 12.1 Å². The number of carbonyl (C=O) groups is 1. The first-order chi connectivity index (χ1) is 12.3. The molecule has 1 aromatic carbocycles. The van der Waals surface area contributed by atoms with E-state index < -0.39 is 16.9 Å². The van der Waals surface area contributed by atoms with Crippen molar-refractivity contribution in [1.82, 2.24) is 5.32 Å². The van der Waals surface area contributed by atoms with Crippen molar-refractivity contribution >= 4 is 16.9 Å². The van der Waals surface area contributed by atoms with E-state index in [1.165, 1.54) is 32.1 Å². The first-order valence-corrected chi connectivity index (χ1v) is 10.6. The maximum atomic E-state index is 12.6. The summed E-state index contributed by atoms with van der Waals surface area (Å²) in [5, 5.41) is 2.71. The van der Waals surface area contributed by atoms with Crippen LogP contribution in [0.4, 0.5) is 4.79 Å². The van der Waals surface area contributed by atoms with Crippen LogP contribution in [0.3, 0.4) is 0 Å². The number of rotatable bonds is 4. The van der Waals surface area contributed by atoms with Crippen molar-refractivity contribution in [3.05, 3.63) is 29.8 Å². The van der Waals surface area contributed by atoms with Crippen LogP contribution in [0.1, 0.15) is 58.4 Å². The van der Waals surface area contributed by atoms with E-state index >= 15 is 0 Å². The Morgan fingerprint density at radius 1 is 1.27 bits per heavy atom. The quantitative estimate of drug-likeness (QED) is 0.801. The van der Waals surface area contributed by atoms with Crippen molar-refractivity contribution in [1.29, 1.82) is 0 Å². The largest absolute Gasteiger partial charge is 0.436 e. The molecule has 0 bridgehead atoms. The maximum Gasteiger partial charge on any atom is 0.408 e. The molecule has 0 spiro atoms. The number of benzene rings is 1. The van der Waals surface area contributed by atoms with E-state index in [1.54, 1.807) is 0 Å². The van der Waals surface area contributed by atoms with Crippen molar-refractivity contribution in [3.63, 3.8) is 0 Å². The molecule has 1 N–H and O–H groups in total. The van der Waals surface area contributed by atoms with Crippen LogP contribution >= 0.6 is 0 Å². The van der Waals surface area contributed by atoms with E-state index in [0.29, 0.717) is 5.92 Å². The van der Waals surface area contributed by atoms with Crippen LogP contribution < -0.4 is 5.32 Å². The second-order valence-electron chi connectivity index (χ2n) is 7.80. The molecular formula is C21H29NO3S. The highest BCUT2D eigenvalue weighted by molar-refractivity contribution is 7.85. The first-order valence-electron chi connectivity index (χ1n) is 9.26. The first kappa shape index (κ1) is 20.5. The van der Waals surface area contributed by atoms with Crippen molar-refractivity contribution in [2.75, 3.05) is 12.4 Å². The average Bonchev–Trinajstić information content (AvgIpc) is 2.58. The third-order valence-corrected chi connectivity index (χ3v) is 5.75. The van der Waals surface area contributed by atoms with E-state index in [2.05, 4.69) is 17.2 Å². The van der Waals surface area contributed by atoms with Gasteiger partial charge < -0.3 is 10.1 Å². The minimum absolute atomic E-state index is 0.0251. The summed E-state index contributed by atoms with van der Waals surface area (Å²) < 4.78 is 17.6. The van der Waals surface area contributed by atoms with Gasteiger partial charge in [0.25, 0.3) is 0 Å². The van der Waals surface area contributed by atoms with E-state index in [0.717, 1.165) is 16.2 Å². The average molecular weight is 376 g/mol. The van der Waals surface area contributed by atoms with Gasteiger partial charge in [-0.05, 0) is 57.7 Å². The Balaban J connectivity index is 1.86. The van der Waals surface area contributed by atoms with Crippen LogP contribution in [-0.4, -0.2) is 28.2 Å². The molecule has 1 unspecified atom stereocenters. The van der Waals surface area contributed by atoms with E-state index in [4.69, 9.17) is 4.74 Å². The molecule has 1 fully saturated rings. The monoisotopic (exact) mass is 375 g/mol. The van der Waals surface area contributed by atoms with Crippen molar-refractivity contribution in [2.45, 2.75) is 63.3 Å². The summed E-state index contributed by atoms with van der Waals surface area (Å²) in [7, 11) is -0.980. The van der Waals surface area contributed by atoms with Gasteiger partial charge >= 0.3 is 6.09 Å². The highest BCUT2D eigenvalue weighted by atomic mass is 32.2. The summed E-state index contributed by atoms with van der Waals surface area (Å²) in [5.74, 6) is 7.13. The minimum Gasteiger partial charge on any atom is -0.436 e. The molecule has 0 heterocycles. The Morgan fingerprint density at radius 2 is 2.00 bits per heavy atom. The van der Waals surface area contributed by atoms with Gasteiger partial charge in [-0.2, -0.15) is 0 Å². The predicted octanol–water partition coefficient (Wildman–Crippen LogP) is 4.25. The predicted molar refractivity (Wildman–Crippen MR) is 105 cm³/mol. The second kappa shape index (κ2) is 9.78. The second-order valence-corrected chi connectivity index (χ2v) is 9.29. The molecule has 0 saturated heterocycles. The zero-order chi connectivity index (χ0) is 19.0. The van der Waals surface area contributed by atoms with Gasteiger partial charge in [0.2, 0.25) is 0 Å². The Kier molecular flexibility index (Phi) is 7.71. The molecule has 142 valence electrons. The summed E-state index contributed by atoms with van der Waals surface area (Å²) in [6.45, 7) is 5.69. The van der Waals surface area contributed by atoms with Gasteiger partial charge in [0, 0.05) is 21.8 Å². The summed E-state index contributed by atoms with van der Waals surface area (Å²) in [4.78, 5) is 12.4. The van der Waals surface area contributed by atoms with Gasteiger partial charge in [0.1, 0.15) is 0 Å². The summed E-state index contributed by atoms with van der Waals surface area (Å²) in [6, 6.07) is 7.54. The standard InChI is InChI=1S/C21H29NO3S/c1-21(2,3)22-20(23)25-14-8-12-17-11-7-13-19(15-17)26(24)16-18-9-5-4-6-10-18/h7,11,13,15,18H,4-6,9-10,14,16H2,1-3H3,(H,22,23). The molecule has 0 aliphatic heterocycles. The van der Waals surface area contributed by atoms with Gasteiger partial charge in [-0.15, -0.1) is 0 Å². The van der Waals surface area contributed by atoms with Crippen molar-refractivity contribution in [2.24, 2.45) is 5.92 Å². The van der Waals surface area contributed by atoms with E-state index in [9.17, 15) is 9.00 Å². The van der Waals surface area contributed by atoms with Crippen LogP contribution in [0, 0.1) is 17.8 Å². The molecule has 1 aliphatic rings. The van der Waals surface area contributed by atoms with Crippen LogP contribution in [0.5, 0.6) is 0 Å². The molecule has 1 atom stereocenters. The molecule has 0 aromatic heterocycles. The number of carbonyl (C=O) groups excluding carboxylic acids is 1. The summed E-state index contributed by atoms with van der Waals surface area (Å²) in [6.07, 6.45) is 5.74. The number of amides is 1. The van der Waals surface area contributed by atoms with E-state index in [1.807, 2.05) is 45.0 Å². The van der Waals surface area contributed by atoms with Crippen molar-refractivity contribution < 1.29 is 13.7 Å². The molecule has 26 heavy (non-hydrogen) atoms. The normalized spacial score (nSPS) is 16.3. The zero-order valence-corrected chi connectivity index (χ0v) is 16.8. The third kappa shape index (κ3) is 7.61. The zero-order valence-electron chi connectivity index (χ0n) is 16.0. The fraction of sp³-hybridized carbons (Fsp3) is 0.571. The van der Waals surface area contributed by atoms with Crippen LogP contribution in [0.15, 0.2) is 29.2 Å². The Bertz CT molecular complexity index is 691. The Labute approximate surface area is 159 Å². The number of nitrogens with one attached hydrogen (secondary N) is 1. The molecule has 1 aromatic rings. The molecule has 1 amide bonds. The lowest BCUT2D eigenvalue weighted by Gasteiger charge is -2.20. The fourth-order valence-corrected chi connectivity index (χ4v) is 4.40. The third-order valence-electron chi connectivity index (χ3n) is 4.19. The lowest BCUT2D eigenvalue weighted by atomic mass is 9.91. The molecule has 5 heteroatoms.